The number of rotatable bonds is 6. The van der Waals surface area contributed by atoms with Crippen LogP contribution in [0.2, 0.25) is 0 Å². The highest BCUT2D eigenvalue weighted by Crippen LogP contribution is 2.35. The quantitative estimate of drug-likeness (QED) is 0.719. The Balaban J connectivity index is 1.32. The fraction of sp³-hybridized carbons (Fsp3) is 0.167. The van der Waals surface area contributed by atoms with Crippen LogP contribution in [0.15, 0.2) is 48.1 Å². The minimum atomic E-state index is -0.215. The molecule has 0 bridgehead atoms. The fourth-order valence-corrected chi connectivity index (χ4v) is 3.05. The second-order valence-electron chi connectivity index (χ2n) is 5.47. The van der Waals surface area contributed by atoms with E-state index in [-0.39, 0.29) is 19.3 Å². The summed E-state index contributed by atoms with van der Waals surface area (Å²) in [4.78, 5) is 20.4. The van der Waals surface area contributed by atoms with Crippen LogP contribution in [0.5, 0.6) is 17.2 Å². The third-order valence-corrected chi connectivity index (χ3v) is 4.52. The zero-order valence-electron chi connectivity index (χ0n) is 13.7. The number of hydrogen-bond donors (Lipinski definition) is 1. The third-order valence-electron chi connectivity index (χ3n) is 3.69. The van der Waals surface area contributed by atoms with Crippen molar-refractivity contribution in [3.05, 3.63) is 64.4 Å². The second-order valence-corrected chi connectivity index (χ2v) is 6.41. The number of amides is 1. The van der Waals surface area contributed by atoms with Gasteiger partial charge in [0.15, 0.2) is 11.5 Å². The molecule has 7 nitrogen and oxygen atoms in total. The summed E-state index contributed by atoms with van der Waals surface area (Å²) in [7, 11) is 0. The van der Waals surface area contributed by atoms with E-state index in [2.05, 4.69) is 15.3 Å². The number of fused-ring (bicyclic) bond motifs is 1. The number of carbonyl (C=O) groups excluding carboxylic acids is 1. The molecule has 0 radical (unpaired) electrons. The highest BCUT2D eigenvalue weighted by Gasteiger charge is 2.15. The van der Waals surface area contributed by atoms with E-state index in [1.54, 1.807) is 29.9 Å². The molecule has 0 unspecified atom stereocenters. The summed E-state index contributed by atoms with van der Waals surface area (Å²) < 4.78 is 16.3. The summed E-state index contributed by atoms with van der Waals surface area (Å²) >= 11 is 1.38. The van der Waals surface area contributed by atoms with Crippen molar-refractivity contribution in [1.82, 2.24) is 15.3 Å². The van der Waals surface area contributed by atoms with Crippen molar-refractivity contribution in [2.75, 3.05) is 6.79 Å². The van der Waals surface area contributed by atoms with E-state index >= 15 is 0 Å². The van der Waals surface area contributed by atoms with E-state index < -0.39 is 0 Å². The van der Waals surface area contributed by atoms with E-state index in [1.807, 2.05) is 18.2 Å². The number of ether oxygens (including phenoxy) is 3. The summed E-state index contributed by atoms with van der Waals surface area (Å²) in [6.45, 7) is 0.938. The van der Waals surface area contributed by atoms with Crippen molar-refractivity contribution in [1.29, 1.82) is 0 Å². The maximum Gasteiger partial charge on any atom is 0.271 e. The van der Waals surface area contributed by atoms with E-state index in [9.17, 15) is 4.79 Å². The number of nitrogens with one attached hydrogen (secondary N) is 1. The van der Waals surface area contributed by atoms with E-state index in [0.29, 0.717) is 29.5 Å². The maximum absolute atomic E-state index is 12.2. The lowest BCUT2D eigenvalue weighted by atomic mass is 10.2. The van der Waals surface area contributed by atoms with Crippen LogP contribution in [-0.2, 0) is 13.2 Å². The monoisotopic (exact) mass is 369 g/mol. The van der Waals surface area contributed by atoms with Gasteiger partial charge < -0.3 is 19.5 Å². The Kier molecular flexibility index (Phi) is 4.65. The molecular weight excluding hydrogens is 354 g/mol. The Hall–Kier alpha value is -3.13. The van der Waals surface area contributed by atoms with Gasteiger partial charge in [0.2, 0.25) is 6.79 Å². The average molecular weight is 369 g/mol. The van der Waals surface area contributed by atoms with Crippen LogP contribution >= 0.6 is 11.3 Å². The summed E-state index contributed by atoms with van der Waals surface area (Å²) in [5.74, 6) is 1.82. The molecule has 1 N–H and O–H groups in total. The number of pyridine rings is 1. The Morgan fingerprint density at radius 2 is 2.04 bits per heavy atom. The lowest BCUT2D eigenvalue weighted by Crippen LogP contribution is -2.23. The highest BCUT2D eigenvalue weighted by molar-refractivity contribution is 7.09. The van der Waals surface area contributed by atoms with Crippen molar-refractivity contribution < 1.29 is 19.0 Å². The molecule has 26 heavy (non-hydrogen) atoms. The maximum atomic E-state index is 12.2. The first-order valence-electron chi connectivity index (χ1n) is 7.92. The first-order valence-corrected chi connectivity index (χ1v) is 8.80. The molecule has 0 saturated carbocycles. The van der Waals surface area contributed by atoms with Crippen LogP contribution in [0.3, 0.4) is 0 Å². The Bertz CT molecular complexity index is 914. The molecule has 1 aromatic carbocycles. The first kappa shape index (κ1) is 16.3. The van der Waals surface area contributed by atoms with Crippen molar-refractivity contribution in [2.45, 2.75) is 13.2 Å². The topological polar surface area (TPSA) is 82.6 Å². The normalized spacial score (nSPS) is 12.0. The van der Waals surface area contributed by atoms with Gasteiger partial charge in [-0.1, -0.05) is 0 Å². The summed E-state index contributed by atoms with van der Waals surface area (Å²) in [6.07, 6.45) is 3.38. The molecule has 3 aromatic rings. The number of benzene rings is 1. The van der Waals surface area contributed by atoms with Crippen LogP contribution in [0, 0.1) is 0 Å². The smallest absolute Gasteiger partial charge is 0.271 e. The standard InChI is InChI=1S/C18H15N3O4S/c22-18(20-8-12-3-5-19-6-4-12)14-10-26-17(21-14)9-23-13-1-2-15-16(7-13)25-11-24-15/h1-7,10H,8-9,11H2,(H,20,22). The number of hydrogen-bond acceptors (Lipinski definition) is 7. The van der Waals surface area contributed by atoms with E-state index in [4.69, 9.17) is 14.2 Å². The van der Waals surface area contributed by atoms with Crippen molar-refractivity contribution >= 4 is 17.2 Å². The third kappa shape index (κ3) is 3.75. The minimum absolute atomic E-state index is 0.215. The Labute approximate surface area is 153 Å². The molecule has 8 heteroatoms. The van der Waals surface area contributed by atoms with Gasteiger partial charge in [-0.05, 0) is 29.8 Å². The molecule has 1 aliphatic rings. The van der Waals surface area contributed by atoms with Gasteiger partial charge in [0.1, 0.15) is 23.1 Å². The molecule has 132 valence electrons. The van der Waals surface area contributed by atoms with Crippen LogP contribution in [-0.4, -0.2) is 22.7 Å². The van der Waals surface area contributed by atoms with Crippen LogP contribution in [0.4, 0.5) is 0 Å². The predicted octanol–water partition coefficient (Wildman–Crippen LogP) is 2.78. The van der Waals surface area contributed by atoms with E-state index in [0.717, 1.165) is 10.6 Å². The largest absolute Gasteiger partial charge is 0.486 e. The van der Waals surface area contributed by atoms with Crippen molar-refractivity contribution in [2.24, 2.45) is 0 Å². The molecule has 0 spiro atoms. The molecule has 4 rings (SSSR count). The van der Waals surface area contributed by atoms with Gasteiger partial charge in [-0.2, -0.15) is 0 Å². The van der Waals surface area contributed by atoms with Gasteiger partial charge in [0, 0.05) is 30.4 Å². The lowest BCUT2D eigenvalue weighted by molar-refractivity contribution is 0.0946. The summed E-state index contributed by atoms with van der Waals surface area (Å²) in [6, 6.07) is 9.09. The molecule has 3 heterocycles. The molecule has 0 atom stereocenters. The predicted molar refractivity (Wildman–Crippen MR) is 94.4 cm³/mol. The number of aromatic nitrogens is 2. The first-order chi connectivity index (χ1) is 12.8. The summed E-state index contributed by atoms with van der Waals surface area (Å²) in [5.41, 5.74) is 1.36. The Morgan fingerprint density at radius 1 is 1.19 bits per heavy atom. The molecule has 2 aromatic heterocycles. The van der Waals surface area contributed by atoms with Crippen LogP contribution in [0.25, 0.3) is 0 Å². The highest BCUT2D eigenvalue weighted by atomic mass is 32.1. The molecule has 1 amide bonds. The number of thiazole rings is 1. The number of carbonyl (C=O) groups is 1. The van der Waals surface area contributed by atoms with Crippen LogP contribution in [0.1, 0.15) is 21.1 Å². The van der Waals surface area contributed by atoms with Crippen LogP contribution < -0.4 is 19.5 Å². The van der Waals surface area contributed by atoms with Gasteiger partial charge in [0.05, 0.1) is 0 Å². The molecular formula is C18H15N3O4S. The molecule has 0 aliphatic carbocycles. The average Bonchev–Trinajstić information content (AvgIpc) is 3.34. The van der Waals surface area contributed by atoms with Crippen molar-refractivity contribution in [3.63, 3.8) is 0 Å². The van der Waals surface area contributed by atoms with Gasteiger partial charge in [-0.25, -0.2) is 4.98 Å². The SMILES string of the molecule is O=C(NCc1ccncc1)c1csc(COc2ccc3c(c2)OCO3)n1. The summed E-state index contributed by atoms with van der Waals surface area (Å²) in [5, 5.41) is 5.28. The zero-order chi connectivity index (χ0) is 17.8. The van der Waals surface area contributed by atoms with E-state index in [1.165, 1.54) is 11.3 Å². The Morgan fingerprint density at radius 3 is 2.92 bits per heavy atom. The number of nitrogens with zero attached hydrogens (tertiary/aromatic N) is 2. The second kappa shape index (κ2) is 7.40. The fourth-order valence-electron chi connectivity index (χ4n) is 2.37. The van der Waals surface area contributed by atoms with Crippen molar-refractivity contribution in [3.8, 4) is 17.2 Å². The molecule has 0 saturated heterocycles. The molecule has 1 aliphatic heterocycles. The zero-order valence-corrected chi connectivity index (χ0v) is 14.5. The lowest BCUT2D eigenvalue weighted by Gasteiger charge is -2.05. The minimum Gasteiger partial charge on any atom is -0.486 e. The van der Waals surface area contributed by atoms with Gasteiger partial charge in [-0.15, -0.1) is 11.3 Å². The molecule has 0 fully saturated rings. The van der Waals surface area contributed by atoms with Gasteiger partial charge in [0.25, 0.3) is 5.91 Å². The van der Waals surface area contributed by atoms with Gasteiger partial charge in [-0.3, -0.25) is 9.78 Å². The van der Waals surface area contributed by atoms with Gasteiger partial charge >= 0.3 is 0 Å².